The summed E-state index contributed by atoms with van der Waals surface area (Å²) in [5.74, 6) is 0.358. The number of nitrogens with one attached hydrogen (secondary N) is 1. The number of nitrogen functional groups attached to an aromatic ring is 1. The molecule has 0 aromatic heterocycles. The molecule has 20 heavy (non-hydrogen) atoms. The number of rotatable bonds is 3. The summed E-state index contributed by atoms with van der Waals surface area (Å²) < 4.78 is 0.807. The number of amides is 1. The second kappa shape index (κ2) is 5.29. The van der Waals surface area contributed by atoms with Crippen LogP contribution in [-0.2, 0) is 6.42 Å². The summed E-state index contributed by atoms with van der Waals surface area (Å²) in [6.07, 6.45) is 1.04. The van der Waals surface area contributed by atoms with Crippen LogP contribution >= 0.6 is 15.9 Å². The summed E-state index contributed by atoms with van der Waals surface area (Å²) in [5, 5.41) is 2.98. The van der Waals surface area contributed by atoms with Gasteiger partial charge in [-0.25, -0.2) is 0 Å². The van der Waals surface area contributed by atoms with Crippen LogP contribution in [0.15, 0.2) is 46.9 Å². The van der Waals surface area contributed by atoms with Gasteiger partial charge >= 0.3 is 0 Å². The van der Waals surface area contributed by atoms with Crippen molar-refractivity contribution in [2.75, 3.05) is 12.3 Å². The van der Waals surface area contributed by atoms with Crippen molar-refractivity contribution in [1.29, 1.82) is 0 Å². The molecule has 0 fully saturated rings. The third-order valence-corrected chi connectivity index (χ3v) is 4.45. The van der Waals surface area contributed by atoms with Crippen LogP contribution in [0.4, 0.5) is 5.69 Å². The van der Waals surface area contributed by atoms with Gasteiger partial charge < -0.3 is 11.1 Å². The average molecular weight is 331 g/mol. The highest BCUT2D eigenvalue weighted by Gasteiger charge is 2.25. The lowest BCUT2D eigenvalue weighted by atomic mass is 9.77. The fourth-order valence-corrected chi connectivity index (χ4v) is 2.79. The summed E-state index contributed by atoms with van der Waals surface area (Å²) in [7, 11) is 0. The number of hydrogen-bond acceptors (Lipinski definition) is 2. The van der Waals surface area contributed by atoms with Gasteiger partial charge in [-0.05, 0) is 51.7 Å². The third-order valence-electron chi connectivity index (χ3n) is 3.73. The van der Waals surface area contributed by atoms with E-state index in [0.29, 0.717) is 23.7 Å². The Morgan fingerprint density at radius 1 is 1.30 bits per heavy atom. The minimum absolute atomic E-state index is 0.0754. The minimum atomic E-state index is -0.0754. The van der Waals surface area contributed by atoms with Crippen LogP contribution < -0.4 is 11.1 Å². The second-order valence-corrected chi connectivity index (χ2v) is 5.90. The lowest BCUT2D eigenvalue weighted by Crippen LogP contribution is -2.33. The Kier molecular flexibility index (Phi) is 3.49. The molecule has 1 aliphatic carbocycles. The lowest BCUT2D eigenvalue weighted by Gasteiger charge is -2.30. The molecule has 0 saturated carbocycles. The van der Waals surface area contributed by atoms with E-state index in [2.05, 4.69) is 39.4 Å². The van der Waals surface area contributed by atoms with E-state index in [-0.39, 0.29) is 5.91 Å². The minimum Gasteiger partial charge on any atom is -0.398 e. The van der Waals surface area contributed by atoms with Gasteiger partial charge in [0, 0.05) is 28.2 Å². The summed E-state index contributed by atoms with van der Waals surface area (Å²) in [4.78, 5) is 12.1. The maximum Gasteiger partial charge on any atom is 0.251 e. The van der Waals surface area contributed by atoms with Gasteiger partial charge in [-0.3, -0.25) is 4.79 Å². The second-order valence-electron chi connectivity index (χ2n) is 5.05. The number of halogens is 1. The van der Waals surface area contributed by atoms with E-state index in [0.717, 1.165) is 10.9 Å². The largest absolute Gasteiger partial charge is 0.398 e. The van der Waals surface area contributed by atoms with E-state index < -0.39 is 0 Å². The van der Waals surface area contributed by atoms with E-state index >= 15 is 0 Å². The predicted octanol–water partition coefficient (Wildman–Crippen LogP) is 3.10. The van der Waals surface area contributed by atoms with Crippen LogP contribution in [0.3, 0.4) is 0 Å². The van der Waals surface area contributed by atoms with Crippen LogP contribution in [0, 0.1) is 0 Å². The maximum absolute atomic E-state index is 12.1. The molecule has 0 bridgehead atoms. The number of fused-ring (bicyclic) bond motifs is 1. The first-order valence-corrected chi connectivity index (χ1v) is 7.35. The number of anilines is 1. The van der Waals surface area contributed by atoms with Gasteiger partial charge in [0.05, 0.1) is 0 Å². The number of nitrogens with two attached hydrogens (primary N) is 1. The average Bonchev–Trinajstić information content (AvgIpc) is 2.42. The Morgan fingerprint density at radius 2 is 2.10 bits per heavy atom. The Balaban J connectivity index is 1.62. The molecule has 4 heteroatoms. The standard InChI is InChI=1S/C16H15BrN2O/c17-14-6-5-11(8-15(14)18)16(20)19-9-12-7-10-3-1-2-4-13(10)12/h1-6,8,12H,7,9,18H2,(H,19,20). The molecule has 1 aliphatic rings. The fraction of sp³-hybridized carbons (Fsp3) is 0.188. The van der Waals surface area contributed by atoms with Crippen molar-refractivity contribution in [3.8, 4) is 0 Å². The summed E-state index contributed by atoms with van der Waals surface area (Å²) in [6.45, 7) is 0.672. The molecule has 102 valence electrons. The van der Waals surface area contributed by atoms with Gasteiger partial charge in [0.1, 0.15) is 0 Å². The molecule has 0 saturated heterocycles. The van der Waals surface area contributed by atoms with Gasteiger partial charge in [0.25, 0.3) is 5.91 Å². The van der Waals surface area contributed by atoms with Gasteiger partial charge in [-0.15, -0.1) is 0 Å². The Morgan fingerprint density at radius 3 is 2.85 bits per heavy atom. The van der Waals surface area contributed by atoms with E-state index in [1.165, 1.54) is 11.1 Å². The molecule has 3 N–H and O–H groups in total. The first-order chi connectivity index (χ1) is 9.65. The van der Waals surface area contributed by atoms with Crippen molar-refractivity contribution in [3.05, 3.63) is 63.6 Å². The Hall–Kier alpha value is -1.81. The molecule has 1 unspecified atom stereocenters. The molecule has 3 nitrogen and oxygen atoms in total. The maximum atomic E-state index is 12.1. The fourth-order valence-electron chi connectivity index (χ4n) is 2.55. The van der Waals surface area contributed by atoms with Crippen molar-refractivity contribution in [2.24, 2.45) is 0 Å². The quantitative estimate of drug-likeness (QED) is 0.849. The van der Waals surface area contributed by atoms with Crippen LogP contribution in [0.2, 0.25) is 0 Å². The van der Waals surface area contributed by atoms with E-state index in [1.54, 1.807) is 18.2 Å². The molecule has 2 aromatic rings. The molecule has 0 spiro atoms. The molecule has 0 radical (unpaired) electrons. The zero-order chi connectivity index (χ0) is 14.1. The Labute approximate surface area is 126 Å². The first kappa shape index (κ1) is 13.2. The first-order valence-electron chi connectivity index (χ1n) is 6.56. The molecule has 3 rings (SSSR count). The topological polar surface area (TPSA) is 55.1 Å². The smallest absolute Gasteiger partial charge is 0.251 e. The van der Waals surface area contributed by atoms with E-state index in [1.807, 2.05) is 6.07 Å². The normalized spacial score (nSPS) is 16.1. The summed E-state index contributed by atoms with van der Waals surface area (Å²) in [6, 6.07) is 13.6. The van der Waals surface area contributed by atoms with Gasteiger partial charge in [-0.1, -0.05) is 24.3 Å². The SMILES string of the molecule is Nc1cc(C(=O)NCC2Cc3ccccc32)ccc1Br. The summed E-state index contributed by atoms with van der Waals surface area (Å²) in [5.41, 5.74) is 9.70. The zero-order valence-electron chi connectivity index (χ0n) is 10.9. The predicted molar refractivity (Wildman–Crippen MR) is 83.8 cm³/mol. The van der Waals surface area contributed by atoms with Crippen LogP contribution in [0.1, 0.15) is 27.4 Å². The highest BCUT2D eigenvalue weighted by Crippen LogP contribution is 2.34. The molecule has 0 aliphatic heterocycles. The van der Waals surface area contributed by atoms with Gasteiger partial charge in [0.15, 0.2) is 0 Å². The van der Waals surface area contributed by atoms with Gasteiger partial charge in [0.2, 0.25) is 0 Å². The van der Waals surface area contributed by atoms with Crippen molar-refractivity contribution in [2.45, 2.75) is 12.3 Å². The van der Waals surface area contributed by atoms with Crippen LogP contribution in [0.25, 0.3) is 0 Å². The summed E-state index contributed by atoms with van der Waals surface area (Å²) >= 11 is 3.32. The number of benzene rings is 2. The third kappa shape index (κ3) is 2.43. The van der Waals surface area contributed by atoms with Crippen molar-refractivity contribution in [1.82, 2.24) is 5.32 Å². The van der Waals surface area contributed by atoms with Crippen molar-refractivity contribution in [3.63, 3.8) is 0 Å². The van der Waals surface area contributed by atoms with E-state index in [4.69, 9.17) is 5.73 Å². The number of carbonyl (C=O) groups excluding carboxylic acids is 1. The van der Waals surface area contributed by atoms with Crippen LogP contribution in [0.5, 0.6) is 0 Å². The lowest BCUT2D eigenvalue weighted by molar-refractivity contribution is 0.0950. The van der Waals surface area contributed by atoms with Gasteiger partial charge in [-0.2, -0.15) is 0 Å². The van der Waals surface area contributed by atoms with Crippen LogP contribution in [-0.4, -0.2) is 12.5 Å². The van der Waals surface area contributed by atoms with Crippen molar-refractivity contribution >= 4 is 27.5 Å². The number of carbonyl (C=O) groups is 1. The monoisotopic (exact) mass is 330 g/mol. The molecule has 0 heterocycles. The Bertz CT molecular complexity index is 669. The molecule has 1 amide bonds. The molecular weight excluding hydrogens is 316 g/mol. The van der Waals surface area contributed by atoms with E-state index in [9.17, 15) is 4.79 Å². The highest BCUT2D eigenvalue weighted by atomic mass is 79.9. The molecule has 1 atom stereocenters. The molecular formula is C16H15BrN2O. The zero-order valence-corrected chi connectivity index (χ0v) is 12.5. The molecule has 2 aromatic carbocycles. The number of hydrogen-bond donors (Lipinski definition) is 2. The van der Waals surface area contributed by atoms with Crippen molar-refractivity contribution < 1.29 is 4.79 Å². The highest BCUT2D eigenvalue weighted by molar-refractivity contribution is 9.10.